The second-order valence-corrected chi connectivity index (χ2v) is 10.8. The van der Waals surface area contributed by atoms with Crippen LogP contribution in [0.25, 0.3) is 0 Å². The van der Waals surface area contributed by atoms with Crippen molar-refractivity contribution in [2.45, 2.75) is 118 Å². The van der Waals surface area contributed by atoms with Crippen molar-refractivity contribution in [1.82, 2.24) is 0 Å². The molecule has 12 nitrogen and oxygen atoms in total. The summed E-state index contributed by atoms with van der Waals surface area (Å²) >= 11 is 0. The van der Waals surface area contributed by atoms with E-state index < -0.39 is 66.5 Å². The molecule has 2 heterocycles. The smallest absolute Gasteiger partial charge is 0.305 e. The summed E-state index contributed by atoms with van der Waals surface area (Å²) in [5, 5.41) is 8.85. The van der Waals surface area contributed by atoms with Gasteiger partial charge in [0.25, 0.3) is 0 Å². The number of hydrogen-bond donors (Lipinski definition) is 1. The van der Waals surface area contributed by atoms with Crippen molar-refractivity contribution in [2.24, 2.45) is 23.7 Å². The minimum atomic E-state index is -1.53. The van der Waals surface area contributed by atoms with Crippen molar-refractivity contribution < 1.29 is 57.4 Å². The van der Waals surface area contributed by atoms with Crippen molar-refractivity contribution in [3.05, 3.63) is 0 Å². The van der Waals surface area contributed by atoms with Crippen LogP contribution in [0.1, 0.15) is 81.1 Å². The van der Waals surface area contributed by atoms with E-state index in [2.05, 4.69) is 0 Å². The summed E-state index contributed by atoms with van der Waals surface area (Å²) in [6, 6.07) is 0. The third-order valence-corrected chi connectivity index (χ3v) is 7.85. The fourth-order valence-corrected chi connectivity index (χ4v) is 5.30. The van der Waals surface area contributed by atoms with Crippen LogP contribution < -0.4 is 0 Å². The van der Waals surface area contributed by atoms with Crippen molar-refractivity contribution in [2.75, 3.05) is 13.2 Å². The average molecular weight is 575 g/mol. The number of esters is 3. The lowest BCUT2D eigenvalue weighted by atomic mass is 9.79. The van der Waals surface area contributed by atoms with Gasteiger partial charge >= 0.3 is 23.9 Å². The van der Waals surface area contributed by atoms with Gasteiger partial charge in [0.1, 0.15) is 24.9 Å². The summed E-state index contributed by atoms with van der Waals surface area (Å²) < 4.78 is 41.8. The Kier molecular flexibility index (Phi) is 12.8. The van der Waals surface area contributed by atoms with Crippen LogP contribution in [0.3, 0.4) is 0 Å². The number of carbonyl (C=O) groups excluding carboxylic acids is 3. The molecule has 0 amide bonds. The molecule has 0 aromatic heterocycles. The van der Waals surface area contributed by atoms with E-state index in [1.807, 2.05) is 34.6 Å². The lowest BCUT2D eigenvalue weighted by molar-refractivity contribution is -0.419. The highest BCUT2D eigenvalue weighted by Crippen LogP contribution is 2.46. The van der Waals surface area contributed by atoms with E-state index in [9.17, 15) is 19.2 Å². The summed E-state index contributed by atoms with van der Waals surface area (Å²) in [6.07, 6.45) is -2.20. The SMILES string of the molecule is CCC1OC(OCCCCC(=O)O)C(C)C(C)C1(OC(C)=O)OC1OC(COC(C)=O)C(OC(C)=O)C(C)C1C. The van der Waals surface area contributed by atoms with E-state index in [0.29, 0.717) is 25.9 Å². The van der Waals surface area contributed by atoms with Crippen molar-refractivity contribution >= 4 is 23.9 Å². The highest BCUT2D eigenvalue weighted by Gasteiger charge is 2.59. The second kappa shape index (κ2) is 15.1. The van der Waals surface area contributed by atoms with Gasteiger partial charge in [-0.1, -0.05) is 34.6 Å². The van der Waals surface area contributed by atoms with Crippen LogP contribution in [0.5, 0.6) is 0 Å². The van der Waals surface area contributed by atoms with Gasteiger partial charge in [0, 0.05) is 57.5 Å². The molecule has 2 aliphatic heterocycles. The summed E-state index contributed by atoms with van der Waals surface area (Å²) in [6.45, 7) is 13.5. The van der Waals surface area contributed by atoms with Crippen LogP contribution in [-0.2, 0) is 52.3 Å². The van der Waals surface area contributed by atoms with Crippen LogP contribution >= 0.6 is 0 Å². The van der Waals surface area contributed by atoms with E-state index in [1.54, 1.807) is 0 Å². The summed E-state index contributed by atoms with van der Waals surface area (Å²) in [4.78, 5) is 46.6. The van der Waals surface area contributed by atoms with Gasteiger partial charge < -0.3 is 38.3 Å². The molecular formula is C28H46O12. The number of carboxylic acid groups (broad SMARTS) is 1. The van der Waals surface area contributed by atoms with Crippen molar-refractivity contribution in [3.8, 4) is 0 Å². The maximum absolute atomic E-state index is 12.4. The Labute approximate surface area is 236 Å². The van der Waals surface area contributed by atoms with Gasteiger partial charge in [-0.25, -0.2) is 0 Å². The van der Waals surface area contributed by atoms with Gasteiger partial charge in [-0.3, -0.25) is 19.2 Å². The topological polar surface area (TPSA) is 153 Å². The number of aliphatic carboxylic acids is 1. The Morgan fingerprint density at radius 2 is 1.52 bits per heavy atom. The maximum Gasteiger partial charge on any atom is 0.305 e. The lowest BCUT2D eigenvalue weighted by Gasteiger charge is -2.54. The molecule has 0 radical (unpaired) electrons. The molecule has 0 aromatic carbocycles. The summed E-state index contributed by atoms with van der Waals surface area (Å²) in [7, 11) is 0. The fourth-order valence-electron chi connectivity index (χ4n) is 5.30. The Bertz CT molecular complexity index is 873. The number of rotatable bonds is 13. The third-order valence-electron chi connectivity index (χ3n) is 7.85. The summed E-state index contributed by atoms with van der Waals surface area (Å²) in [5.74, 6) is -5.17. The van der Waals surface area contributed by atoms with Gasteiger partial charge in [0.2, 0.25) is 5.79 Å². The van der Waals surface area contributed by atoms with E-state index in [-0.39, 0.29) is 30.8 Å². The van der Waals surface area contributed by atoms with Crippen LogP contribution in [-0.4, -0.2) is 78.9 Å². The predicted molar refractivity (Wildman–Crippen MR) is 139 cm³/mol. The zero-order valence-electron chi connectivity index (χ0n) is 24.9. The molecule has 2 aliphatic rings. The molecule has 2 saturated heterocycles. The van der Waals surface area contributed by atoms with E-state index >= 15 is 0 Å². The minimum Gasteiger partial charge on any atom is -0.481 e. The Hall–Kier alpha value is -2.28. The molecule has 12 heteroatoms. The molecular weight excluding hydrogens is 528 g/mol. The molecule has 0 aromatic rings. The highest BCUT2D eigenvalue weighted by atomic mass is 16.8. The number of unbranched alkanes of at least 4 members (excludes halogenated alkanes) is 1. The molecule has 0 bridgehead atoms. The molecule has 1 N–H and O–H groups in total. The first kappa shape index (κ1) is 33.9. The zero-order chi connectivity index (χ0) is 30.2. The molecule has 0 aliphatic carbocycles. The predicted octanol–water partition coefficient (Wildman–Crippen LogP) is 3.43. The second-order valence-electron chi connectivity index (χ2n) is 10.8. The number of carbonyl (C=O) groups is 4. The van der Waals surface area contributed by atoms with E-state index in [1.165, 1.54) is 20.8 Å². The maximum atomic E-state index is 12.4. The van der Waals surface area contributed by atoms with E-state index in [4.69, 9.17) is 38.3 Å². The normalized spacial score (nSPS) is 36.0. The van der Waals surface area contributed by atoms with Crippen LogP contribution in [0, 0.1) is 23.7 Å². The lowest BCUT2D eigenvalue weighted by Crippen LogP contribution is -2.65. The molecule has 2 fully saturated rings. The van der Waals surface area contributed by atoms with Gasteiger partial charge in [0.15, 0.2) is 12.6 Å². The molecule has 10 unspecified atom stereocenters. The average Bonchev–Trinajstić information content (AvgIpc) is 2.86. The highest BCUT2D eigenvalue weighted by molar-refractivity contribution is 5.67. The first-order valence-electron chi connectivity index (χ1n) is 14.1. The Balaban J connectivity index is 2.31. The van der Waals surface area contributed by atoms with Crippen LogP contribution in [0.2, 0.25) is 0 Å². The molecule has 0 saturated carbocycles. The summed E-state index contributed by atoms with van der Waals surface area (Å²) in [5.41, 5.74) is 0. The third kappa shape index (κ3) is 8.61. The minimum absolute atomic E-state index is 0.0661. The monoisotopic (exact) mass is 574 g/mol. The largest absolute Gasteiger partial charge is 0.481 e. The Morgan fingerprint density at radius 1 is 0.850 bits per heavy atom. The number of hydrogen-bond acceptors (Lipinski definition) is 11. The Morgan fingerprint density at radius 3 is 2.08 bits per heavy atom. The standard InChI is InChI=1S/C28H46O12/c1-9-23-28(39-21(8)31,18(5)17(4)26(38-23)34-13-11-10-12-24(32)33)40-27-16(3)15(2)25(36-20(7)30)22(37-27)14-35-19(6)29/h15-18,22-23,25-27H,9-14H2,1-8H3,(H,32,33). The zero-order valence-corrected chi connectivity index (χ0v) is 24.9. The molecule has 10 atom stereocenters. The molecule has 230 valence electrons. The first-order valence-corrected chi connectivity index (χ1v) is 14.1. The first-order chi connectivity index (χ1) is 18.7. The fraction of sp³-hybridized carbons (Fsp3) is 0.857. The van der Waals surface area contributed by atoms with Crippen molar-refractivity contribution in [3.63, 3.8) is 0 Å². The molecule has 40 heavy (non-hydrogen) atoms. The molecule has 2 rings (SSSR count). The molecule has 0 spiro atoms. The van der Waals surface area contributed by atoms with Gasteiger partial charge in [0.05, 0.1) is 0 Å². The number of ether oxygens (including phenoxy) is 7. The van der Waals surface area contributed by atoms with Crippen molar-refractivity contribution in [1.29, 1.82) is 0 Å². The van der Waals surface area contributed by atoms with Gasteiger partial charge in [-0.15, -0.1) is 0 Å². The van der Waals surface area contributed by atoms with Crippen LogP contribution in [0.15, 0.2) is 0 Å². The van der Waals surface area contributed by atoms with E-state index in [0.717, 1.165) is 0 Å². The van der Waals surface area contributed by atoms with Gasteiger partial charge in [-0.05, 0) is 19.3 Å². The quantitative estimate of drug-likeness (QED) is 0.148. The van der Waals surface area contributed by atoms with Crippen LogP contribution in [0.4, 0.5) is 0 Å². The number of carboxylic acids is 1. The van der Waals surface area contributed by atoms with Gasteiger partial charge in [-0.2, -0.15) is 0 Å².